The zero-order valence-electron chi connectivity index (χ0n) is 11.7. The van der Waals surface area contributed by atoms with Gasteiger partial charge in [0.2, 0.25) is 0 Å². The standard InChI is InChI=1S/C15H20N2O2/c1-4-10-9-11(16)14-12(18-5-2)7-8-13(19-6-3)15(14)17-10/h7-9H,4-6H2,1-3H3,(H2,16,17). The van der Waals surface area contributed by atoms with Crippen LogP contribution in [0.2, 0.25) is 0 Å². The van der Waals surface area contributed by atoms with Crippen molar-refractivity contribution in [3.8, 4) is 11.5 Å². The molecule has 0 fully saturated rings. The Bertz CT molecular complexity index is 582. The number of ether oxygens (including phenoxy) is 2. The molecule has 1 heterocycles. The van der Waals surface area contributed by atoms with Crippen molar-refractivity contribution in [3.05, 3.63) is 23.9 Å². The second-order valence-electron chi connectivity index (χ2n) is 4.21. The Hall–Kier alpha value is -1.97. The Kier molecular flexibility index (Phi) is 4.10. The van der Waals surface area contributed by atoms with E-state index in [2.05, 4.69) is 11.9 Å². The van der Waals surface area contributed by atoms with Crippen LogP contribution in [-0.4, -0.2) is 18.2 Å². The van der Waals surface area contributed by atoms with Crippen LogP contribution in [0.25, 0.3) is 10.9 Å². The molecule has 19 heavy (non-hydrogen) atoms. The highest BCUT2D eigenvalue weighted by Gasteiger charge is 2.13. The summed E-state index contributed by atoms with van der Waals surface area (Å²) in [7, 11) is 0. The van der Waals surface area contributed by atoms with E-state index in [9.17, 15) is 0 Å². The number of fused-ring (bicyclic) bond motifs is 1. The minimum absolute atomic E-state index is 0.595. The third-order valence-electron chi connectivity index (χ3n) is 2.93. The maximum atomic E-state index is 6.15. The fourth-order valence-electron chi connectivity index (χ4n) is 2.10. The Balaban J connectivity index is 2.72. The number of aromatic nitrogens is 1. The molecule has 0 aliphatic heterocycles. The van der Waals surface area contributed by atoms with Crippen molar-refractivity contribution in [2.24, 2.45) is 0 Å². The van der Waals surface area contributed by atoms with Crippen molar-refractivity contribution in [1.29, 1.82) is 0 Å². The zero-order chi connectivity index (χ0) is 13.8. The van der Waals surface area contributed by atoms with Gasteiger partial charge in [0, 0.05) is 11.4 Å². The molecule has 2 rings (SSSR count). The molecule has 0 radical (unpaired) electrons. The molecule has 0 saturated carbocycles. The first kappa shape index (κ1) is 13.5. The van der Waals surface area contributed by atoms with Crippen LogP contribution in [-0.2, 0) is 6.42 Å². The first-order chi connectivity index (χ1) is 9.21. The van der Waals surface area contributed by atoms with Gasteiger partial charge in [-0.15, -0.1) is 0 Å². The van der Waals surface area contributed by atoms with Crippen LogP contribution in [0.4, 0.5) is 5.69 Å². The summed E-state index contributed by atoms with van der Waals surface area (Å²) in [4.78, 5) is 4.63. The topological polar surface area (TPSA) is 57.4 Å². The quantitative estimate of drug-likeness (QED) is 0.897. The molecule has 0 bridgehead atoms. The number of rotatable bonds is 5. The van der Waals surface area contributed by atoms with E-state index >= 15 is 0 Å². The van der Waals surface area contributed by atoms with Gasteiger partial charge in [0.25, 0.3) is 0 Å². The summed E-state index contributed by atoms with van der Waals surface area (Å²) in [6.07, 6.45) is 0.838. The summed E-state index contributed by atoms with van der Waals surface area (Å²) in [6, 6.07) is 5.68. The van der Waals surface area contributed by atoms with Gasteiger partial charge in [0.05, 0.1) is 18.6 Å². The number of hydrogen-bond donors (Lipinski definition) is 1. The van der Waals surface area contributed by atoms with Gasteiger partial charge in [-0.25, -0.2) is 4.98 Å². The van der Waals surface area contributed by atoms with E-state index in [1.807, 2.05) is 32.0 Å². The summed E-state index contributed by atoms with van der Waals surface area (Å²) < 4.78 is 11.3. The Morgan fingerprint density at radius 2 is 1.68 bits per heavy atom. The average Bonchev–Trinajstić information content (AvgIpc) is 2.41. The second-order valence-corrected chi connectivity index (χ2v) is 4.21. The molecule has 4 nitrogen and oxygen atoms in total. The van der Waals surface area contributed by atoms with Gasteiger partial charge in [0.1, 0.15) is 17.0 Å². The second kappa shape index (κ2) is 5.78. The highest BCUT2D eigenvalue weighted by atomic mass is 16.5. The number of pyridine rings is 1. The molecule has 1 aromatic carbocycles. The first-order valence-electron chi connectivity index (χ1n) is 6.68. The van der Waals surface area contributed by atoms with Crippen molar-refractivity contribution in [1.82, 2.24) is 4.98 Å². The minimum Gasteiger partial charge on any atom is -0.493 e. The lowest BCUT2D eigenvalue weighted by Crippen LogP contribution is -2.01. The number of anilines is 1. The monoisotopic (exact) mass is 260 g/mol. The van der Waals surface area contributed by atoms with Crippen molar-refractivity contribution < 1.29 is 9.47 Å². The fourth-order valence-corrected chi connectivity index (χ4v) is 2.10. The number of nitrogen functional groups attached to an aromatic ring is 1. The molecule has 2 N–H and O–H groups in total. The van der Waals surface area contributed by atoms with Crippen LogP contribution < -0.4 is 15.2 Å². The van der Waals surface area contributed by atoms with E-state index < -0.39 is 0 Å². The van der Waals surface area contributed by atoms with Crippen molar-refractivity contribution in [3.63, 3.8) is 0 Å². The molecule has 102 valence electrons. The zero-order valence-corrected chi connectivity index (χ0v) is 11.7. The van der Waals surface area contributed by atoms with Gasteiger partial charge >= 0.3 is 0 Å². The highest BCUT2D eigenvalue weighted by Crippen LogP contribution is 2.36. The SMILES string of the molecule is CCOc1ccc(OCC)c2c(N)cc(CC)nc12. The molecule has 0 aliphatic rings. The summed E-state index contributed by atoms with van der Waals surface area (Å²) in [5.74, 6) is 1.51. The molecule has 0 saturated heterocycles. The van der Waals surface area contributed by atoms with Crippen LogP contribution >= 0.6 is 0 Å². The van der Waals surface area contributed by atoms with Crippen LogP contribution in [0.15, 0.2) is 18.2 Å². The predicted octanol–water partition coefficient (Wildman–Crippen LogP) is 3.18. The van der Waals surface area contributed by atoms with Crippen molar-refractivity contribution in [2.75, 3.05) is 18.9 Å². The molecule has 0 unspecified atom stereocenters. The normalized spacial score (nSPS) is 10.7. The molecule has 0 atom stereocenters. The molecular weight excluding hydrogens is 240 g/mol. The lowest BCUT2D eigenvalue weighted by molar-refractivity contribution is 0.336. The molecule has 0 aliphatic carbocycles. The number of benzene rings is 1. The van der Waals surface area contributed by atoms with Gasteiger partial charge in [-0.1, -0.05) is 6.92 Å². The van der Waals surface area contributed by atoms with E-state index in [0.717, 1.165) is 34.5 Å². The van der Waals surface area contributed by atoms with Crippen LogP contribution in [0.5, 0.6) is 11.5 Å². The van der Waals surface area contributed by atoms with Gasteiger partial charge in [0.15, 0.2) is 0 Å². The molecular formula is C15H20N2O2. The van der Waals surface area contributed by atoms with E-state index in [1.54, 1.807) is 0 Å². The Morgan fingerprint density at radius 1 is 1.05 bits per heavy atom. The van der Waals surface area contributed by atoms with Gasteiger partial charge < -0.3 is 15.2 Å². The van der Waals surface area contributed by atoms with E-state index in [-0.39, 0.29) is 0 Å². The van der Waals surface area contributed by atoms with Gasteiger partial charge in [-0.3, -0.25) is 0 Å². The smallest absolute Gasteiger partial charge is 0.145 e. The predicted molar refractivity (Wildman–Crippen MR) is 77.9 cm³/mol. The van der Waals surface area contributed by atoms with Crippen LogP contribution in [0, 0.1) is 0 Å². The Morgan fingerprint density at radius 3 is 2.32 bits per heavy atom. The summed E-state index contributed by atoms with van der Waals surface area (Å²) >= 11 is 0. The number of aryl methyl sites for hydroxylation is 1. The Labute approximate surface area is 113 Å². The summed E-state index contributed by atoms with van der Waals surface area (Å²) in [5, 5.41) is 0.838. The molecule has 0 spiro atoms. The molecule has 1 aromatic heterocycles. The van der Waals surface area contributed by atoms with Gasteiger partial charge in [-0.2, -0.15) is 0 Å². The maximum Gasteiger partial charge on any atom is 0.145 e. The summed E-state index contributed by atoms with van der Waals surface area (Å²) in [5.41, 5.74) is 8.58. The lowest BCUT2D eigenvalue weighted by atomic mass is 10.1. The first-order valence-corrected chi connectivity index (χ1v) is 6.68. The van der Waals surface area contributed by atoms with E-state index in [1.165, 1.54) is 0 Å². The third kappa shape index (κ3) is 2.57. The van der Waals surface area contributed by atoms with Crippen molar-refractivity contribution >= 4 is 16.6 Å². The number of nitrogens with zero attached hydrogens (tertiary/aromatic N) is 1. The molecule has 0 amide bonds. The van der Waals surface area contributed by atoms with Gasteiger partial charge in [-0.05, 0) is 38.5 Å². The largest absolute Gasteiger partial charge is 0.493 e. The summed E-state index contributed by atoms with van der Waals surface area (Å²) in [6.45, 7) is 7.15. The van der Waals surface area contributed by atoms with Crippen LogP contribution in [0.3, 0.4) is 0 Å². The third-order valence-corrected chi connectivity index (χ3v) is 2.93. The maximum absolute atomic E-state index is 6.15. The highest BCUT2D eigenvalue weighted by molar-refractivity contribution is 5.99. The van der Waals surface area contributed by atoms with Crippen LogP contribution in [0.1, 0.15) is 26.5 Å². The van der Waals surface area contributed by atoms with E-state index in [4.69, 9.17) is 15.2 Å². The molecule has 2 aromatic rings. The van der Waals surface area contributed by atoms with Crippen molar-refractivity contribution in [2.45, 2.75) is 27.2 Å². The fraction of sp³-hybridized carbons (Fsp3) is 0.400. The lowest BCUT2D eigenvalue weighted by Gasteiger charge is -2.14. The molecule has 4 heteroatoms. The average molecular weight is 260 g/mol. The minimum atomic E-state index is 0.595. The van der Waals surface area contributed by atoms with E-state index in [0.29, 0.717) is 18.9 Å². The number of nitrogens with two attached hydrogens (primary N) is 1. The number of hydrogen-bond acceptors (Lipinski definition) is 4.